The van der Waals surface area contributed by atoms with Crippen molar-refractivity contribution in [1.29, 1.82) is 0 Å². The SMILES string of the molecule is CCC(=O)Nc1ccc(O)cc1-c1ccc(Oc2ccccc2)cc1. The number of rotatable bonds is 5. The number of phenolic OH excluding ortho intramolecular Hbond substituents is 1. The van der Waals surface area contributed by atoms with E-state index in [1.807, 2.05) is 54.6 Å². The molecular formula is C21H19NO3. The highest BCUT2D eigenvalue weighted by Crippen LogP contribution is 2.33. The third kappa shape index (κ3) is 4.18. The number of benzene rings is 3. The van der Waals surface area contributed by atoms with Gasteiger partial charge in [-0.15, -0.1) is 0 Å². The van der Waals surface area contributed by atoms with E-state index < -0.39 is 0 Å². The van der Waals surface area contributed by atoms with Crippen LogP contribution in [0.3, 0.4) is 0 Å². The minimum atomic E-state index is -0.0732. The van der Waals surface area contributed by atoms with Gasteiger partial charge >= 0.3 is 0 Å². The summed E-state index contributed by atoms with van der Waals surface area (Å²) in [5, 5.41) is 12.7. The lowest BCUT2D eigenvalue weighted by molar-refractivity contribution is -0.115. The van der Waals surface area contributed by atoms with Gasteiger partial charge in [-0.2, -0.15) is 0 Å². The molecule has 3 aromatic rings. The zero-order valence-corrected chi connectivity index (χ0v) is 13.9. The predicted octanol–water partition coefficient (Wildman–Crippen LogP) is 5.20. The van der Waals surface area contributed by atoms with E-state index in [-0.39, 0.29) is 11.7 Å². The number of amides is 1. The second kappa shape index (κ2) is 7.53. The topological polar surface area (TPSA) is 58.6 Å². The van der Waals surface area contributed by atoms with Crippen LogP contribution in [0.15, 0.2) is 72.8 Å². The van der Waals surface area contributed by atoms with E-state index in [0.29, 0.717) is 17.9 Å². The third-order valence-electron chi connectivity index (χ3n) is 3.74. The Morgan fingerprint density at radius 1 is 0.960 bits per heavy atom. The van der Waals surface area contributed by atoms with Gasteiger partial charge in [0.25, 0.3) is 0 Å². The lowest BCUT2D eigenvalue weighted by Crippen LogP contribution is -2.10. The number of carbonyl (C=O) groups excluding carboxylic acids is 1. The number of hydrogen-bond donors (Lipinski definition) is 2. The first-order valence-electron chi connectivity index (χ1n) is 8.12. The lowest BCUT2D eigenvalue weighted by atomic mass is 10.0. The van der Waals surface area contributed by atoms with Gasteiger partial charge in [-0.25, -0.2) is 0 Å². The van der Waals surface area contributed by atoms with Crippen LogP contribution in [-0.4, -0.2) is 11.0 Å². The maximum Gasteiger partial charge on any atom is 0.224 e. The molecule has 3 aromatic carbocycles. The molecule has 0 spiro atoms. The van der Waals surface area contributed by atoms with E-state index >= 15 is 0 Å². The van der Waals surface area contributed by atoms with Crippen LogP contribution >= 0.6 is 0 Å². The van der Waals surface area contributed by atoms with Crippen molar-refractivity contribution in [2.45, 2.75) is 13.3 Å². The average molecular weight is 333 g/mol. The molecule has 0 aliphatic rings. The van der Waals surface area contributed by atoms with E-state index in [9.17, 15) is 9.90 Å². The van der Waals surface area contributed by atoms with Gasteiger partial charge in [0.15, 0.2) is 0 Å². The summed E-state index contributed by atoms with van der Waals surface area (Å²) in [7, 11) is 0. The van der Waals surface area contributed by atoms with Crippen LogP contribution in [0, 0.1) is 0 Å². The fourth-order valence-electron chi connectivity index (χ4n) is 2.45. The Bertz CT molecular complexity index is 858. The highest BCUT2D eigenvalue weighted by molar-refractivity contribution is 5.95. The van der Waals surface area contributed by atoms with E-state index in [4.69, 9.17) is 4.74 Å². The van der Waals surface area contributed by atoms with Crippen molar-refractivity contribution >= 4 is 11.6 Å². The summed E-state index contributed by atoms with van der Waals surface area (Å²) >= 11 is 0. The quantitative estimate of drug-likeness (QED) is 0.631. The number of nitrogens with one attached hydrogen (secondary N) is 1. The zero-order chi connectivity index (χ0) is 17.6. The summed E-state index contributed by atoms with van der Waals surface area (Å²) in [6.07, 6.45) is 0.393. The number of carbonyl (C=O) groups is 1. The van der Waals surface area contributed by atoms with Gasteiger partial charge in [0, 0.05) is 17.7 Å². The summed E-state index contributed by atoms with van der Waals surface area (Å²) in [4.78, 5) is 11.7. The molecule has 4 nitrogen and oxygen atoms in total. The lowest BCUT2D eigenvalue weighted by Gasteiger charge is -2.12. The van der Waals surface area contributed by atoms with Crippen molar-refractivity contribution < 1.29 is 14.6 Å². The van der Waals surface area contributed by atoms with Gasteiger partial charge < -0.3 is 15.2 Å². The maximum atomic E-state index is 11.7. The average Bonchev–Trinajstić information content (AvgIpc) is 2.64. The second-order valence-corrected chi connectivity index (χ2v) is 5.57. The Kier molecular flexibility index (Phi) is 5.00. The first-order chi connectivity index (χ1) is 12.2. The van der Waals surface area contributed by atoms with Crippen LogP contribution in [0.5, 0.6) is 17.2 Å². The molecular weight excluding hydrogens is 314 g/mol. The molecule has 0 aromatic heterocycles. The number of anilines is 1. The van der Waals surface area contributed by atoms with Crippen molar-refractivity contribution in [2.75, 3.05) is 5.32 Å². The highest BCUT2D eigenvalue weighted by atomic mass is 16.5. The Balaban J connectivity index is 1.86. The Hall–Kier alpha value is -3.27. The summed E-state index contributed by atoms with van der Waals surface area (Å²) < 4.78 is 5.79. The van der Waals surface area contributed by atoms with Crippen LogP contribution in [0.1, 0.15) is 13.3 Å². The summed E-state index contributed by atoms with van der Waals surface area (Å²) in [5.74, 6) is 1.56. The minimum absolute atomic E-state index is 0.0732. The van der Waals surface area contributed by atoms with Gasteiger partial charge in [-0.1, -0.05) is 37.3 Å². The van der Waals surface area contributed by atoms with E-state index in [1.54, 1.807) is 25.1 Å². The summed E-state index contributed by atoms with van der Waals surface area (Å²) in [6.45, 7) is 1.80. The predicted molar refractivity (Wildman–Crippen MR) is 99.0 cm³/mol. The fraction of sp³-hybridized carbons (Fsp3) is 0.0952. The van der Waals surface area contributed by atoms with Crippen LogP contribution < -0.4 is 10.1 Å². The fourth-order valence-corrected chi connectivity index (χ4v) is 2.45. The number of para-hydroxylation sites is 1. The molecule has 126 valence electrons. The molecule has 0 aliphatic heterocycles. The normalized spacial score (nSPS) is 10.3. The minimum Gasteiger partial charge on any atom is -0.508 e. The summed E-state index contributed by atoms with van der Waals surface area (Å²) in [5.41, 5.74) is 2.30. The van der Waals surface area contributed by atoms with Gasteiger partial charge in [-0.3, -0.25) is 4.79 Å². The standard InChI is InChI=1S/C21H19NO3/c1-2-21(24)22-20-13-10-16(23)14-19(20)15-8-11-18(12-9-15)25-17-6-4-3-5-7-17/h3-14,23H,2H2,1H3,(H,22,24). The zero-order valence-electron chi connectivity index (χ0n) is 13.9. The van der Waals surface area contributed by atoms with Crippen molar-refractivity contribution in [3.05, 3.63) is 72.8 Å². The molecule has 25 heavy (non-hydrogen) atoms. The number of ether oxygens (including phenoxy) is 1. The molecule has 0 heterocycles. The first kappa shape index (κ1) is 16.6. The van der Waals surface area contributed by atoms with Crippen LogP contribution in [-0.2, 0) is 4.79 Å². The molecule has 1 amide bonds. The van der Waals surface area contributed by atoms with Gasteiger partial charge in [0.2, 0.25) is 5.91 Å². The van der Waals surface area contributed by atoms with Crippen molar-refractivity contribution in [3.63, 3.8) is 0 Å². The molecule has 0 atom stereocenters. The van der Waals surface area contributed by atoms with Gasteiger partial charge in [0.1, 0.15) is 17.2 Å². The van der Waals surface area contributed by atoms with Crippen molar-refractivity contribution in [3.8, 4) is 28.4 Å². The molecule has 0 unspecified atom stereocenters. The molecule has 0 aliphatic carbocycles. The molecule has 2 N–H and O–H groups in total. The highest BCUT2D eigenvalue weighted by Gasteiger charge is 2.09. The maximum absolute atomic E-state index is 11.7. The first-order valence-corrected chi connectivity index (χ1v) is 8.12. The monoisotopic (exact) mass is 333 g/mol. The van der Waals surface area contributed by atoms with Gasteiger partial charge in [0.05, 0.1) is 0 Å². The molecule has 0 fully saturated rings. The molecule has 0 saturated heterocycles. The molecule has 0 saturated carbocycles. The molecule has 4 heteroatoms. The Morgan fingerprint density at radius 3 is 2.32 bits per heavy atom. The van der Waals surface area contributed by atoms with E-state index in [0.717, 1.165) is 16.9 Å². The number of hydrogen-bond acceptors (Lipinski definition) is 3. The molecule has 0 radical (unpaired) electrons. The smallest absolute Gasteiger partial charge is 0.224 e. The Morgan fingerprint density at radius 2 is 1.64 bits per heavy atom. The van der Waals surface area contributed by atoms with Crippen LogP contribution in [0.2, 0.25) is 0 Å². The van der Waals surface area contributed by atoms with Crippen LogP contribution in [0.4, 0.5) is 5.69 Å². The second-order valence-electron chi connectivity index (χ2n) is 5.57. The largest absolute Gasteiger partial charge is 0.508 e. The van der Waals surface area contributed by atoms with Crippen LogP contribution in [0.25, 0.3) is 11.1 Å². The molecule has 0 bridgehead atoms. The molecule has 3 rings (SSSR count). The Labute approximate surface area is 146 Å². The van der Waals surface area contributed by atoms with Gasteiger partial charge in [-0.05, 0) is 48.0 Å². The van der Waals surface area contributed by atoms with E-state index in [1.165, 1.54) is 0 Å². The summed E-state index contributed by atoms with van der Waals surface area (Å²) in [6, 6.07) is 22.0. The van der Waals surface area contributed by atoms with Crippen molar-refractivity contribution in [2.24, 2.45) is 0 Å². The number of phenols is 1. The van der Waals surface area contributed by atoms with E-state index in [2.05, 4.69) is 5.32 Å². The van der Waals surface area contributed by atoms with Crippen molar-refractivity contribution in [1.82, 2.24) is 0 Å². The number of aromatic hydroxyl groups is 1. The third-order valence-corrected chi connectivity index (χ3v) is 3.74.